The van der Waals surface area contributed by atoms with Crippen molar-refractivity contribution in [1.29, 1.82) is 0 Å². The Kier molecular flexibility index (Phi) is 1.77. The van der Waals surface area contributed by atoms with Gasteiger partial charge in [0.2, 0.25) is 0 Å². The van der Waals surface area contributed by atoms with Gasteiger partial charge in [0.15, 0.2) is 5.76 Å². The van der Waals surface area contributed by atoms with E-state index in [9.17, 15) is 0 Å². The van der Waals surface area contributed by atoms with E-state index in [1.165, 1.54) is 0 Å². The molecule has 1 aromatic carbocycles. The molecule has 16 heavy (non-hydrogen) atoms. The maximum atomic E-state index is 5.85. The van der Waals surface area contributed by atoms with Crippen molar-refractivity contribution >= 4 is 16.7 Å². The fraction of sp³-hybridized carbons (Fsp3) is 0.0833. The minimum atomic E-state index is 0.626. The summed E-state index contributed by atoms with van der Waals surface area (Å²) in [7, 11) is 1.85. The maximum absolute atomic E-state index is 5.85. The van der Waals surface area contributed by atoms with E-state index < -0.39 is 0 Å². The van der Waals surface area contributed by atoms with E-state index >= 15 is 0 Å². The number of hydrogen-bond donors (Lipinski definition) is 1. The predicted molar refractivity (Wildman–Crippen MR) is 62.8 cm³/mol. The molecule has 0 aliphatic carbocycles. The number of benzene rings is 1. The van der Waals surface area contributed by atoms with Gasteiger partial charge in [0, 0.05) is 12.4 Å². The third kappa shape index (κ3) is 1.20. The minimum Gasteiger partial charge on any atom is -0.454 e. The summed E-state index contributed by atoms with van der Waals surface area (Å²) in [4.78, 5) is 0. The summed E-state index contributed by atoms with van der Waals surface area (Å²) in [5.74, 6) is 0.749. The summed E-state index contributed by atoms with van der Waals surface area (Å²) in [6, 6.07) is 9.85. The second kappa shape index (κ2) is 3.13. The van der Waals surface area contributed by atoms with Gasteiger partial charge in [-0.1, -0.05) is 18.2 Å². The average Bonchev–Trinajstić information content (AvgIpc) is 2.82. The summed E-state index contributed by atoms with van der Waals surface area (Å²) >= 11 is 0. The molecule has 0 saturated carbocycles. The number of nitrogen functional groups attached to an aromatic ring is 1. The van der Waals surface area contributed by atoms with Crippen molar-refractivity contribution in [2.45, 2.75) is 0 Å². The molecule has 2 N–H and O–H groups in total. The van der Waals surface area contributed by atoms with E-state index in [4.69, 9.17) is 10.2 Å². The smallest absolute Gasteiger partial charge is 0.155 e. The molecule has 0 radical (unpaired) electrons. The summed E-state index contributed by atoms with van der Waals surface area (Å²) in [5, 5.41) is 5.16. The van der Waals surface area contributed by atoms with Gasteiger partial charge >= 0.3 is 0 Å². The van der Waals surface area contributed by atoms with Crippen molar-refractivity contribution in [2.75, 3.05) is 5.73 Å². The summed E-state index contributed by atoms with van der Waals surface area (Å²) < 4.78 is 7.45. The van der Waals surface area contributed by atoms with Gasteiger partial charge in [0.25, 0.3) is 0 Å². The van der Waals surface area contributed by atoms with Crippen LogP contribution in [0, 0.1) is 0 Å². The molecule has 3 rings (SSSR count). The molecule has 0 bridgehead atoms. The Morgan fingerprint density at radius 3 is 2.81 bits per heavy atom. The van der Waals surface area contributed by atoms with E-state index in [1.807, 2.05) is 37.4 Å². The first kappa shape index (κ1) is 9.03. The van der Waals surface area contributed by atoms with E-state index in [-0.39, 0.29) is 0 Å². The molecule has 4 nitrogen and oxygen atoms in total. The van der Waals surface area contributed by atoms with Gasteiger partial charge in [0.1, 0.15) is 11.3 Å². The maximum Gasteiger partial charge on any atom is 0.155 e. The van der Waals surface area contributed by atoms with E-state index in [1.54, 1.807) is 10.9 Å². The molecule has 0 aliphatic rings. The van der Waals surface area contributed by atoms with Crippen LogP contribution in [0.25, 0.3) is 22.4 Å². The monoisotopic (exact) mass is 213 g/mol. The van der Waals surface area contributed by atoms with Crippen LogP contribution < -0.4 is 5.73 Å². The Bertz CT molecular complexity index is 599. The fourth-order valence-electron chi connectivity index (χ4n) is 1.85. The van der Waals surface area contributed by atoms with Crippen LogP contribution in [-0.4, -0.2) is 9.78 Å². The molecule has 0 unspecified atom stereocenters. The lowest BCUT2D eigenvalue weighted by molar-refractivity contribution is 0.618. The quantitative estimate of drug-likeness (QED) is 0.675. The average molecular weight is 213 g/mol. The van der Waals surface area contributed by atoms with Crippen LogP contribution in [0.15, 0.2) is 40.9 Å². The SMILES string of the molecule is Cn1ncc(N)c1-c1cc2ccccc2o1. The van der Waals surface area contributed by atoms with Crippen molar-refractivity contribution in [3.8, 4) is 11.5 Å². The van der Waals surface area contributed by atoms with Gasteiger partial charge < -0.3 is 10.2 Å². The largest absolute Gasteiger partial charge is 0.454 e. The third-order valence-corrected chi connectivity index (χ3v) is 2.63. The van der Waals surface area contributed by atoms with E-state index in [0.717, 1.165) is 22.4 Å². The number of hydrogen-bond acceptors (Lipinski definition) is 3. The topological polar surface area (TPSA) is 57.0 Å². The molecular formula is C12H11N3O. The highest BCUT2D eigenvalue weighted by molar-refractivity contribution is 5.84. The Hall–Kier alpha value is -2.23. The lowest BCUT2D eigenvalue weighted by Crippen LogP contribution is -1.94. The number of fused-ring (bicyclic) bond motifs is 1. The van der Waals surface area contributed by atoms with Crippen molar-refractivity contribution in [3.05, 3.63) is 36.5 Å². The highest BCUT2D eigenvalue weighted by Crippen LogP contribution is 2.30. The molecule has 80 valence electrons. The number of para-hydroxylation sites is 1. The molecular weight excluding hydrogens is 202 g/mol. The second-order valence-corrected chi connectivity index (χ2v) is 3.72. The van der Waals surface area contributed by atoms with E-state index in [0.29, 0.717) is 5.69 Å². The van der Waals surface area contributed by atoms with Crippen molar-refractivity contribution in [1.82, 2.24) is 9.78 Å². The third-order valence-electron chi connectivity index (χ3n) is 2.63. The molecule has 3 aromatic rings. The number of furan rings is 1. The van der Waals surface area contributed by atoms with Gasteiger partial charge in [-0.2, -0.15) is 5.10 Å². The lowest BCUT2D eigenvalue weighted by Gasteiger charge is -1.98. The molecule has 0 amide bonds. The molecule has 0 saturated heterocycles. The number of nitrogens with zero attached hydrogens (tertiary/aromatic N) is 2. The number of nitrogens with two attached hydrogens (primary N) is 1. The Labute approximate surface area is 92.3 Å². The summed E-state index contributed by atoms with van der Waals surface area (Å²) in [5.41, 5.74) is 8.15. The molecule has 2 aromatic heterocycles. The fourth-order valence-corrected chi connectivity index (χ4v) is 1.85. The summed E-state index contributed by atoms with van der Waals surface area (Å²) in [6.45, 7) is 0. The minimum absolute atomic E-state index is 0.626. The Morgan fingerprint density at radius 1 is 1.31 bits per heavy atom. The number of rotatable bonds is 1. The molecule has 0 aliphatic heterocycles. The highest BCUT2D eigenvalue weighted by Gasteiger charge is 2.12. The Morgan fingerprint density at radius 2 is 2.12 bits per heavy atom. The predicted octanol–water partition coefficient (Wildman–Crippen LogP) is 2.42. The highest BCUT2D eigenvalue weighted by atomic mass is 16.3. The molecule has 0 spiro atoms. The van der Waals surface area contributed by atoms with Crippen molar-refractivity contribution in [3.63, 3.8) is 0 Å². The summed E-state index contributed by atoms with van der Waals surface area (Å²) in [6.07, 6.45) is 1.63. The number of aromatic nitrogens is 2. The van der Waals surface area contributed by atoms with Gasteiger partial charge in [0.05, 0.1) is 11.9 Å². The van der Waals surface area contributed by atoms with Gasteiger partial charge in [-0.15, -0.1) is 0 Å². The van der Waals surface area contributed by atoms with Crippen LogP contribution in [0.2, 0.25) is 0 Å². The first-order valence-electron chi connectivity index (χ1n) is 5.02. The zero-order valence-corrected chi connectivity index (χ0v) is 8.84. The zero-order valence-electron chi connectivity index (χ0n) is 8.84. The van der Waals surface area contributed by atoms with Crippen molar-refractivity contribution in [2.24, 2.45) is 7.05 Å². The van der Waals surface area contributed by atoms with Crippen LogP contribution in [-0.2, 0) is 7.05 Å². The second-order valence-electron chi connectivity index (χ2n) is 3.72. The first-order chi connectivity index (χ1) is 7.75. The standard InChI is InChI=1S/C12H11N3O/c1-15-12(9(13)7-14-15)11-6-8-4-2-3-5-10(8)16-11/h2-7H,13H2,1H3. The van der Waals surface area contributed by atoms with Gasteiger partial charge in [-0.05, 0) is 12.1 Å². The van der Waals surface area contributed by atoms with Gasteiger partial charge in [-0.3, -0.25) is 4.68 Å². The van der Waals surface area contributed by atoms with Crippen LogP contribution in [0.3, 0.4) is 0 Å². The normalized spacial score (nSPS) is 11.1. The van der Waals surface area contributed by atoms with Crippen LogP contribution >= 0.6 is 0 Å². The van der Waals surface area contributed by atoms with Gasteiger partial charge in [-0.25, -0.2) is 0 Å². The first-order valence-corrected chi connectivity index (χ1v) is 5.02. The molecule has 0 fully saturated rings. The molecule has 2 heterocycles. The van der Waals surface area contributed by atoms with Crippen molar-refractivity contribution < 1.29 is 4.42 Å². The molecule has 4 heteroatoms. The van der Waals surface area contributed by atoms with Crippen LogP contribution in [0.4, 0.5) is 5.69 Å². The lowest BCUT2D eigenvalue weighted by atomic mass is 10.2. The van der Waals surface area contributed by atoms with Crippen LogP contribution in [0.1, 0.15) is 0 Å². The zero-order chi connectivity index (χ0) is 11.1. The molecule has 0 atom stereocenters. The number of anilines is 1. The van der Waals surface area contributed by atoms with E-state index in [2.05, 4.69) is 5.10 Å². The number of aryl methyl sites for hydroxylation is 1. The van der Waals surface area contributed by atoms with Crippen LogP contribution in [0.5, 0.6) is 0 Å². The Balaban J connectivity index is 2.27.